The maximum atomic E-state index is 13.3. The first-order chi connectivity index (χ1) is 27.1. The molecule has 0 aliphatic rings. The molecule has 0 amide bonds. The Balaban J connectivity index is 0.000000199. The van der Waals surface area contributed by atoms with E-state index in [1.54, 1.807) is 13.8 Å². The first-order valence-electron chi connectivity index (χ1n) is 16.7. The SMILES string of the molecule is Cc1ncnc2c1c(NCc1cnccc1C(F)(F)F)cc(=O)n2O.Cc1ncnc2c1c(NCc1cnccc1C(F)(F)F)cc(=O)n2OCc1ccccc1. The van der Waals surface area contributed by atoms with Crippen molar-refractivity contribution >= 4 is 33.4 Å². The lowest BCUT2D eigenvalue weighted by atomic mass is 10.1. The number of rotatable bonds is 9. The van der Waals surface area contributed by atoms with Gasteiger partial charge < -0.3 is 20.7 Å². The van der Waals surface area contributed by atoms with Crippen LogP contribution in [0.1, 0.15) is 39.2 Å². The number of aromatic nitrogens is 8. The van der Waals surface area contributed by atoms with Crippen LogP contribution in [0.2, 0.25) is 0 Å². The van der Waals surface area contributed by atoms with Gasteiger partial charge >= 0.3 is 12.4 Å². The van der Waals surface area contributed by atoms with Crippen LogP contribution in [0.25, 0.3) is 22.1 Å². The molecule has 20 heteroatoms. The van der Waals surface area contributed by atoms with Crippen molar-refractivity contribution in [3.8, 4) is 0 Å². The van der Waals surface area contributed by atoms with E-state index < -0.39 is 34.6 Å². The summed E-state index contributed by atoms with van der Waals surface area (Å²) in [4.78, 5) is 54.0. The average molecular weight is 793 g/mol. The third-order valence-electron chi connectivity index (χ3n) is 8.47. The topological polar surface area (TPSA) is 175 Å². The Morgan fingerprint density at radius 1 is 0.684 bits per heavy atom. The minimum absolute atomic E-state index is 0.0373. The molecule has 14 nitrogen and oxygen atoms in total. The third-order valence-corrected chi connectivity index (χ3v) is 8.47. The lowest BCUT2D eigenvalue weighted by molar-refractivity contribution is -0.139. The number of aryl methyl sites for hydroxylation is 2. The van der Waals surface area contributed by atoms with E-state index in [0.29, 0.717) is 32.6 Å². The fourth-order valence-electron chi connectivity index (χ4n) is 5.77. The summed E-state index contributed by atoms with van der Waals surface area (Å²) in [5.74, 6) is 0. The molecule has 0 fully saturated rings. The Morgan fingerprint density at radius 3 is 1.70 bits per heavy atom. The maximum absolute atomic E-state index is 13.3. The summed E-state index contributed by atoms with van der Waals surface area (Å²) in [6, 6.07) is 13.4. The summed E-state index contributed by atoms with van der Waals surface area (Å²) in [5.41, 5.74) is -0.467. The van der Waals surface area contributed by atoms with Crippen LogP contribution < -0.4 is 26.6 Å². The van der Waals surface area contributed by atoms with Crippen molar-refractivity contribution in [1.29, 1.82) is 0 Å². The van der Waals surface area contributed by atoms with Gasteiger partial charge in [0.2, 0.25) is 0 Å². The molecule has 0 radical (unpaired) electrons. The highest BCUT2D eigenvalue weighted by atomic mass is 19.4. The van der Waals surface area contributed by atoms with E-state index in [1.807, 2.05) is 30.3 Å². The summed E-state index contributed by atoms with van der Waals surface area (Å²) in [5, 5.41) is 16.3. The smallest absolute Gasteiger partial charge is 0.416 e. The highest BCUT2D eigenvalue weighted by molar-refractivity contribution is 5.91. The molecule has 3 N–H and O–H groups in total. The number of anilines is 2. The predicted molar refractivity (Wildman–Crippen MR) is 194 cm³/mol. The lowest BCUT2D eigenvalue weighted by Crippen LogP contribution is -2.28. The van der Waals surface area contributed by atoms with Gasteiger partial charge in [0.1, 0.15) is 19.3 Å². The van der Waals surface area contributed by atoms with Gasteiger partial charge in [-0.1, -0.05) is 30.3 Å². The standard InChI is InChI=1S/C22H18F3N5O2.C15H12F3N5O2/c1-14-20-18(27-11-16-10-26-8-7-17(16)22(23,24)25)9-19(31)30(21(20)29-13-28-14)32-12-15-5-3-2-4-6-15;1-8-13-11(4-12(24)23(25)14(13)22-7-21-8)20-6-9-5-19-3-2-10(9)15(16,17)18/h2-10,13,27H,11-12H2,1H3;2-5,7,20,25H,6H2,1H3. The van der Waals surface area contributed by atoms with Crippen molar-refractivity contribution < 1.29 is 36.4 Å². The minimum Gasteiger partial charge on any atom is -0.423 e. The molecule has 0 unspecified atom stereocenters. The first-order valence-corrected chi connectivity index (χ1v) is 16.7. The maximum Gasteiger partial charge on any atom is 0.416 e. The summed E-state index contributed by atoms with van der Waals surface area (Å²) in [6.07, 6.45) is -2.16. The molecule has 0 bridgehead atoms. The Kier molecular flexibility index (Phi) is 11.3. The molecule has 0 saturated heterocycles. The monoisotopic (exact) mass is 792 g/mol. The highest BCUT2D eigenvalue weighted by Crippen LogP contribution is 2.33. The Morgan fingerprint density at radius 2 is 1.18 bits per heavy atom. The number of hydrogen-bond donors (Lipinski definition) is 3. The van der Waals surface area contributed by atoms with Crippen LogP contribution in [0.3, 0.4) is 0 Å². The van der Waals surface area contributed by atoms with Gasteiger partial charge in [0.15, 0.2) is 11.3 Å². The predicted octanol–water partition coefficient (Wildman–Crippen LogP) is 6.12. The van der Waals surface area contributed by atoms with E-state index >= 15 is 0 Å². The first kappa shape index (κ1) is 39.6. The number of alkyl halides is 6. The second-order valence-corrected chi connectivity index (χ2v) is 12.2. The van der Waals surface area contributed by atoms with Gasteiger partial charge in [0.25, 0.3) is 11.1 Å². The molecule has 0 aliphatic heterocycles. The van der Waals surface area contributed by atoms with Gasteiger partial charge in [-0.15, -0.1) is 9.46 Å². The van der Waals surface area contributed by atoms with Gasteiger partial charge in [-0.3, -0.25) is 19.6 Å². The lowest BCUT2D eigenvalue weighted by Gasteiger charge is -2.17. The van der Waals surface area contributed by atoms with Crippen LogP contribution in [0.4, 0.5) is 37.7 Å². The molecule has 1 aromatic carbocycles. The van der Waals surface area contributed by atoms with Crippen LogP contribution in [0, 0.1) is 13.8 Å². The second-order valence-electron chi connectivity index (χ2n) is 12.2. The zero-order valence-electron chi connectivity index (χ0n) is 29.8. The molecular formula is C37H30F6N10O4. The molecule has 0 saturated carbocycles. The van der Waals surface area contributed by atoms with Crippen molar-refractivity contribution in [2.45, 2.75) is 45.9 Å². The minimum atomic E-state index is -4.52. The Labute approximate surface area is 317 Å². The molecule has 6 aromatic heterocycles. The van der Waals surface area contributed by atoms with Gasteiger partial charge in [0, 0.05) is 61.1 Å². The summed E-state index contributed by atoms with van der Waals surface area (Å²) in [6.45, 7) is 3.06. The fourth-order valence-corrected chi connectivity index (χ4v) is 5.77. The molecule has 0 aliphatic carbocycles. The van der Waals surface area contributed by atoms with Crippen molar-refractivity contribution in [2.24, 2.45) is 0 Å². The molecule has 0 spiro atoms. The molecule has 294 valence electrons. The molecule has 0 atom stereocenters. The Hall–Kier alpha value is -7.12. The largest absolute Gasteiger partial charge is 0.423 e. The van der Waals surface area contributed by atoms with E-state index in [1.165, 1.54) is 18.7 Å². The third kappa shape index (κ3) is 8.90. The molecule has 6 heterocycles. The number of pyridine rings is 4. The number of fused-ring (bicyclic) bond motifs is 2. The van der Waals surface area contributed by atoms with Crippen LogP contribution in [-0.2, 0) is 32.0 Å². The van der Waals surface area contributed by atoms with E-state index in [0.717, 1.165) is 53.3 Å². The van der Waals surface area contributed by atoms with E-state index in [2.05, 4.69) is 40.5 Å². The van der Waals surface area contributed by atoms with Crippen LogP contribution >= 0.6 is 0 Å². The second kappa shape index (κ2) is 16.3. The van der Waals surface area contributed by atoms with Crippen molar-refractivity contribution in [3.63, 3.8) is 0 Å². The zero-order valence-corrected chi connectivity index (χ0v) is 29.8. The fraction of sp³-hybridized carbons (Fsp3) is 0.189. The van der Waals surface area contributed by atoms with Gasteiger partial charge in [-0.25, -0.2) is 19.9 Å². The van der Waals surface area contributed by atoms with Crippen LogP contribution in [0.15, 0.2) is 102 Å². The van der Waals surface area contributed by atoms with Crippen molar-refractivity contribution in [1.82, 2.24) is 39.4 Å². The van der Waals surface area contributed by atoms with E-state index in [9.17, 15) is 41.1 Å². The number of halogens is 6. The van der Waals surface area contributed by atoms with Crippen LogP contribution in [-0.4, -0.2) is 44.6 Å². The normalized spacial score (nSPS) is 11.6. The molecule has 7 aromatic rings. The average Bonchev–Trinajstić information content (AvgIpc) is 3.18. The quantitative estimate of drug-likeness (QED) is 0.113. The number of nitrogens with zero attached hydrogens (tertiary/aromatic N) is 8. The Bertz CT molecular complexity index is 2670. The molecule has 57 heavy (non-hydrogen) atoms. The summed E-state index contributed by atoms with van der Waals surface area (Å²) < 4.78 is 80.4. The number of hydrogen-bond acceptors (Lipinski definition) is 12. The van der Waals surface area contributed by atoms with Gasteiger partial charge in [-0.05, 0) is 31.5 Å². The number of benzene rings is 1. The summed E-state index contributed by atoms with van der Waals surface area (Å²) in [7, 11) is 0. The van der Waals surface area contributed by atoms with Gasteiger partial charge in [0.05, 0.1) is 44.7 Å². The van der Waals surface area contributed by atoms with E-state index in [4.69, 9.17) is 4.84 Å². The molecule has 7 rings (SSSR count). The molecular weight excluding hydrogens is 762 g/mol. The van der Waals surface area contributed by atoms with Crippen molar-refractivity contribution in [2.75, 3.05) is 10.6 Å². The number of nitrogens with one attached hydrogen (secondary N) is 2. The van der Waals surface area contributed by atoms with Crippen LogP contribution in [0.5, 0.6) is 0 Å². The highest BCUT2D eigenvalue weighted by Gasteiger charge is 2.34. The van der Waals surface area contributed by atoms with Crippen molar-refractivity contribution in [3.05, 3.63) is 152 Å². The van der Waals surface area contributed by atoms with E-state index in [-0.39, 0.29) is 47.8 Å². The summed E-state index contributed by atoms with van der Waals surface area (Å²) >= 11 is 0. The van der Waals surface area contributed by atoms with Gasteiger partial charge in [-0.2, -0.15) is 26.3 Å². The zero-order chi connectivity index (χ0) is 40.9.